The number of amides is 11. The average molecular weight is 1360 g/mol. The van der Waals surface area contributed by atoms with Gasteiger partial charge in [0.05, 0.1) is 17.1 Å². The summed E-state index contributed by atoms with van der Waals surface area (Å²) in [5.41, 5.74) is -2.22. The van der Waals surface area contributed by atoms with Crippen LogP contribution < -0.4 is 16.0 Å². The number of likely N-dealkylation sites (N-methyl/N-ethyl adjacent to an activating group) is 6. The number of alkyl halides is 3. The topological polar surface area (TPSA) is 250 Å². The maximum Gasteiger partial charge on any atom is 0.417 e. The van der Waals surface area contributed by atoms with E-state index in [1.165, 1.54) is 73.5 Å². The van der Waals surface area contributed by atoms with Crippen LogP contribution in [0.3, 0.4) is 0 Å². The monoisotopic (exact) mass is 1360 g/mol. The highest BCUT2D eigenvalue weighted by Gasteiger charge is 2.52. The fraction of sp³-hybridized carbons (Fsp3) is 0.754. The van der Waals surface area contributed by atoms with Crippen LogP contribution in [0.1, 0.15) is 188 Å². The van der Waals surface area contributed by atoms with Gasteiger partial charge in [-0.2, -0.15) is 13.2 Å². The van der Waals surface area contributed by atoms with Crippen LogP contribution in [-0.4, -0.2) is 226 Å². The summed E-state index contributed by atoms with van der Waals surface area (Å²) < 4.78 is 41.5. The molecule has 1 aromatic carbocycles. The first-order chi connectivity index (χ1) is 44.7. The van der Waals surface area contributed by atoms with E-state index in [1.54, 1.807) is 34.9 Å². The minimum atomic E-state index is -4.74. The van der Waals surface area contributed by atoms with Gasteiger partial charge in [-0.1, -0.05) is 110 Å². The predicted octanol–water partition coefficient (Wildman–Crippen LogP) is 6.57. The fourth-order valence-electron chi connectivity index (χ4n) is 15.1. The lowest BCUT2D eigenvalue weighted by atomic mass is 9.84. The molecule has 0 unspecified atom stereocenters. The molecule has 3 saturated heterocycles. The number of carbonyl (C=O) groups is 11. The molecule has 26 heteroatoms. The highest BCUT2D eigenvalue weighted by molar-refractivity contribution is 6.31. The lowest BCUT2D eigenvalue weighted by Crippen LogP contribution is -2.65. The zero-order valence-electron chi connectivity index (χ0n) is 58.0. The molecule has 11 amide bonds. The molecule has 7 rings (SSSR count). The van der Waals surface area contributed by atoms with Crippen LogP contribution in [0.4, 0.5) is 13.2 Å². The van der Waals surface area contributed by atoms with Crippen molar-refractivity contribution in [1.82, 2.24) is 55.1 Å². The third kappa shape index (κ3) is 17.8. The first-order valence-electron chi connectivity index (χ1n) is 34.7. The molecule has 0 radical (unpaired) electrons. The zero-order valence-corrected chi connectivity index (χ0v) is 58.8. The summed E-state index contributed by atoms with van der Waals surface area (Å²) in [6, 6.07) is -6.46. The van der Waals surface area contributed by atoms with Crippen molar-refractivity contribution in [3.05, 3.63) is 34.3 Å². The molecule has 1 spiro atoms. The van der Waals surface area contributed by atoms with Crippen molar-refractivity contribution in [3.8, 4) is 0 Å². The molecular weight excluding hydrogens is 1250 g/mol. The van der Waals surface area contributed by atoms with Crippen LogP contribution in [0.25, 0.3) is 0 Å². The van der Waals surface area contributed by atoms with Crippen molar-refractivity contribution < 1.29 is 65.9 Å². The van der Waals surface area contributed by atoms with Crippen molar-refractivity contribution in [3.63, 3.8) is 0 Å². The maximum absolute atomic E-state index is 15.4. The Balaban J connectivity index is 1.25. The summed E-state index contributed by atoms with van der Waals surface area (Å²) in [4.78, 5) is 174. The predicted molar refractivity (Wildman–Crippen MR) is 351 cm³/mol. The molecule has 0 bridgehead atoms. The number of halogens is 4. The Labute approximate surface area is 564 Å². The first-order valence-corrected chi connectivity index (χ1v) is 35.1. The van der Waals surface area contributed by atoms with Gasteiger partial charge in [0.25, 0.3) is 0 Å². The Bertz CT molecular complexity index is 2970. The second-order valence-electron chi connectivity index (χ2n) is 28.7. The van der Waals surface area contributed by atoms with E-state index < -0.39 is 154 Å². The molecule has 3 heterocycles. The smallest absolute Gasteiger partial charge is 0.343 e. The van der Waals surface area contributed by atoms with E-state index in [4.69, 9.17) is 11.6 Å². The number of carbonyl (C=O) groups excluding carboxylic acids is 11. The highest BCUT2D eigenvalue weighted by Crippen LogP contribution is 2.39. The molecule has 1 aromatic rings. The Kier molecular flexibility index (Phi) is 26.1. The molecule has 22 nitrogen and oxygen atoms in total. The average Bonchev–Trinajstić information content (AvgIpc) is 1.70. The molecule has 3 saturated carbocycles. The second-order valence-corrected chi connectivity index (χ2v) is 29.1. The number of fused-ring (bicyclic) bond motifs is 2. The van der Waals surface area contributed by atoms with Crippen LogP contribution in [0.2, 0.25) is 5.02 Å². The summed E-state index contributed by atoms with van der Waals surface area (Å²) in [5.74, 6) is -6.99. The lowest BCUT2D eigenvalue weighted by molar-refractivity contribution is -0.160. The van der Waals surface area contributed by atoms with Gasteiger partial charge in [0.2, 0.25) is 65.0 Å². The third-order valence-electron chi connectivity index (χ3n) is 21.7. The summed E-state index contributed by atoms with van der Waals surface area (Å²) in [5, 5.41) is 8.26. The molecule has 6 fully saturated rings. The number of rotatable bonds is 10. The van der Waals surface area contributed by atoms with Crippen LogP contribution in [0, 0.1) is 23.7 Å². The number of hydrogen-bond acceptors (Lipinski definition) is 11. The van der Waals surface area contributed by atoms with Gasteiger partial charge in [0.1, 0.15) is 53.9 Å². The Morgan fingerprint density at radius 3 is 1.85 bits per heavy atom. The van der Waals surface area contributed by atoms with E-state index in [2.05, 4.69) is 16.0 Å². The Morgan fingerprint density at radius 2 is 1.26 bits per heavy atom. The number of benzene rings is 1. The van der Waals surface area contributed by atoms with E-state index in [0.29, 0.717) is 44.1 Å². The van der Waals surface area contributed by atoms with Crippen LogP contribution in [0.5, 0.6) is 0 Å². The quantitative estimate of drug-likeness (QED) is 0.226. The van der Waals surface area contributed by atoms with E-state index in [-0.39, 0.29) is 88.6 Å². The molecule has 3 aliphatic heterocycles. The van der Waals surface area contributed by atoms with Crippen molar-refractivity contribution in [2.45, 2.75) is 249 Å². The van der Waals surface area contributed by atoms with Crippen molar-refractivity contribution in [1.29, 1.82) is 0 Å². The molecule has 6 aliphatic rings. The maximum atomic E-state index is 15.4. The van der Waals surface area contributed by atoms with Gasteiger partial charge in [-0.05, 0) is 126 Å². The number of nitrogens with zero attached hydrogens (tertiary/aromatic N) is 8. The molecule has 3 aliphatic carbocycles. The zero-order chi connectivity index (χ0) is 70.1. The van der Waals surface area contributed by atoms with Crippen LogP contribution in [0.15, 0.2) is 18.2 Å². The van der Waals surface area contributed by atoms with Crippen molar-refractivity contribution in [2.75, 3.05) is 61.9 Å². The molecule has 95 heavy (non-hydrogen) atoms. The lowest BCUT2D eigenvalue weighted by Gasteiger charge is -2.45. The fourth-order valence-corrected chi connectivity index (χ4v) is 15.5. The van der Waals surface area contributed by atoms with E-state index in [0.717, 1.165) is 57.1 Å². The molecular formula is C69H105ClF3N11O11. The number of aryl methyl sites for hydroxylation is 1. The second kappa shape index (κ2) is 32.7. The van der Waals surface area contributed by atoms with Crippen molar-refractivity contribution >= 4 is 76.6 Å². The minimum Gasteiger partial charge on any atom is -0.343 e. The first kappa shape index (κ1) is 75.8. The van der Waals surface area contributed by atoms with Gasteiger partial charge >= 0.3 is 6.18 Å². The summed E-state index contributed by atoms with van der Waals surface area (Å²) in [6.07, 6.45) is 5.48. The standard InChI is InChI=1S/C69H105ClF3N11O11/c1-13-42(4)57-65(93)79(9)44(6)61(89)84-35-31-52(84)64(92)81(11)54(39-45-22-15-14-16-23-45)63(91)77(7)40-55(85)74-50(30-28-46-27-29-48(49(70)38-46)69(71,72)73)62(90)83-34-21-26-51(83)60(88)76-68(32-19-20-33-68)67(95)82(12)58(47-24-17-18-25-47)66(94)78(8)43(5)37-56(86)80(10)53(36-41(2)3)59(87)75-57/h27,29,38,41-45,47,50-54,57-58H,13-26,28,30-37,39-40H2,1-12H3,(H,74,85)(H,75,87)(H,76,88)/t42-,43+,44-,50-,51-,52-,53-,54-,57-,58-/m0/s1. The van der Waals surface area contributed by atoms with E-state index >= 15 is 14.4 Å². The summed E-state index contributed by atoms with van der Waals surface area (Å²) in [7, 11) is 9.02. The SMILES string of the molecule is CC[C@H](C)[C@@H]1NC(=O)[C@H](CC(C)C)N(C)C(=O)C[C@@H](C)N(C)C(=O)[C@H](C2CCCC2)N(C)C(=O)C2(CCCC2)NC(=O)[C@@H]2CCCN2C(=O)[C@H](CCc2ccc(C(F)(F)F)c(Cl)c2)NC(=O)CN(C)C(=O)[C@H](CC2CCCCC2)N(C)C(=O)[C@@H]2CCN2C(=O)[C@H](C)N(C)C1=O. The molecule has 3 N–H and O–H groups in total. The van der Waals surface area contributed by atoms with Gasteiger partial charge < -0.3 is 55.1 Å². The summed E-state index contributed by atoms with van der Waals surface area (Å²) >= 11 is 6.15. The van der Waals surface area contributed by atoms with Crippen LogP contribution in [-0.2, 0) is 65.3 Å². The van der Waals surface area contributed by atoms with Gasteiger partial charge in [-0.25, -0.2) is 0 Å². The minimum absolute atomic E-state index is 0.0398. The molecule has 0 aromatic heterocycles. The van der Waals surface area contributed by atoms with E-state index in [1.807, 2.05) is 20.8 Å². The number of hydrogen-bond donors (Lipinski definition) is 3. The Hall–Kier alpha value is -6.53. The van der Waals surface area contributed by atoms with Gasteiger partial charge in [0, 0.05) is 67.8 Å². The molecule has 530 valence electrons. The number of nitrogens with one attached hydrogen (secondary N) is 3. The van der Waals surface area contributed by atoms with Gasteiger partial charge in [-0.3, -0.25) is 52.7 Å². The largest absolute Gasteiger partial charge is 0.417 e. The van der Waals surface area contributed by atoms with Crippen molar-refractivity contribution in [2.24, 2.45) is 23.7 Å². The normalized spacial score (nSPS) is 28.7. The van der Waals surface area contributed by atoms with Gasteiger partial charge in [-0.15, -0.1) is 0 Å². The van der Waals surface area contributed by atoms with E-state index in [9.17, 15) is 51.5 Å². The molecule has 10 atom stereocenters. The van der Waals surface area contributed by atoms with Gasteiger partial charge in [0.15, 0.2) is 0 Å². The highest BCUT2D eigenvalue weighted by atomic mass is 35.5. The Morgan fingerprint density at radius 1 is 0.632 bits per heavy atom. The third-order valence-corrected chi connectivity index (χ3v) is 22.0. The summed E-state index contributed by atoms with van der Waals surface area (Å²) in [6.45, 7) is 10.4. The van der Waals surface area contributed by atoms with Crippen LogP contribution >= 0.6 is 11.6 Å².